The smallest absolute Gasteiger partial charge is 0.229 e. The van der Waals surface area contributed by atoms with Crippen LogP contribution >= 0.6 is 11.8 Å². The van der Waals surface area contributed by atoms with Gasteiger partial charge in [-0.3, -0.25) is 9.69 Å². The number of ether oxygens (including phenoxy) is 2. The number of carbonyl (C=O) groups is 1. The number of thioether (sulfide) groups is 1. The van der Waals surface area contributed by atoms with Crippen molar-refractivity contribution in [2.75, 3.05) is 31.7 Å². The van der Waals surface area contributed by atoms with Gasteiger partial charge in [0.25, 0.3) is 0 Å². The SMILES string of the molecule is COc1ccc(OC)c([C@H]2CC(=O)N3CN(c4ccccc4C)CSC3=C2C#N)c1. The summed E-state index contributed by atoms with van der Waals surface area (Å²) in [5.41, 5.74) is 3.67. The summed E-state index contributed by atoms with van der Waals surface area (Å²) in [5.74, 6) is 1.65. The molecule has 2 aliphatic rings. The van der Waals surface area contributed by atoms with E-state index >= 15 is 0 Å². The lowest BCUT2D eigenvalue weighted by Crippen LogP contribution is -2.47. The highest BCUT2D eigenvalue weighted by Gasteiger charge is 2.39. The van der Waals surface area contributed by atoms with Gasteiger partial charge in [0.2, 0.25) is 5.91 Å². The molecule has 0 spiro atoms. The van der Waals surface area contributed by atoms with Crippen LogP contribution in [0.2, 0.25) is 0 Å². The summed E-state index contributed by atoms with van der Waals surface area (Å²) in [6.45, 7) is 2.51. The summed E-state index contributed by atoms with van der Waals surface area (Å²) in [6.07, 6.45) is 0.220. The summed E-state index contributed by atoms with van der Waals surface area (Å²) >= 11 is 1.53. The van der Waals surface area contributed by atoms with E-state index in [1.54, 1.807) is 19.1 Å². The topological polar surface area (TPSA) is 65.8 Å². The molecule has 6 nitrogen and oxygen atoms in total. The molecule has 0 radical (unpaired) electrons. The van der Waals surface area contributed by atoms with Gasteiger partial charge in [0.05, 0.1) is 43.4 Å². The molecule has 1 saturated heterocycles. The summed E-state index contributed by atoms with van der Waals surface area (Å²) in [4.78, 5) is 17.1. The van der Waals surface area contributed by atoms with Crippen molar-refractivity contribution < 1.29 is 14.3 Å². The third kappa shape index (κ3) is 3.48. The van der Waals surface area contributed by atoms with Crippen LogP contribution in [0, 0.1) is 18.3 Å². The van der Waals surface area contributed by atoms with Crippen molar-refractivity contribution in [3.63, 3.8) is 0 Å². The van der Waals surface area contributed by atoms with E-state index in [0.717, 1.165) is 21.8 Å². The maximum Gasteiger partial charge on any atom is 0.229 e. The molecule has 0 aliphatic carbocycles. The Balaban J connectivity index is 1.72. The maximum atomic E-state index is 13.2. The number of allylic oxidation sites excluding steroid dienone is 1. The lowest BCUT2D eigenvalue weighted by molar-refractivity contribution is -0.129. The molecule has 1 fully saturated rings. The van der Waals surface area contributed by atoms with E-state index in [9.17, 15) is 10.1 Å². The van der Waals surface area contributed by atoms with Gasteiger partial charge in [-0.1, -0.05) is 30.0 Å². The van der Waals surface area contributed by atoms with Crippen molar-refractivity contribution in [1.82, 2.24) is 4.90 Å². The molecule has 0 aromatic heterocycles. The maximum absolute atomic E-state index is 13.2. The van der Waals surface area contributed by atoms with Crippen LogP contribution in [0.3, 0.4) is 0 Å². The number of carbonyl (C=O) groups excluding carboxylic acids is 1. The molecule has 0 bridgehead atoms. The van der Waals surface area contributed by atoms with E-state index in [1.165, 1.54) is 11.8 Å². The number of nitrogens with zero attached hydrogens (tertiary/aromatic N) is 3. The highest BCUT2D eigenvalue weighted by atomic mass is 32.2. The zero-order valence-electron chi connectivity index (χ0n) is 17.2. The fraction of sp³-hybridized carbons (Fsp3) is 0.304. The largest absolute Gasteiger partial charge is 0.497 e. The summed E-state index contributed by atoms with van der Waals surface area (Å²) in [7, 11) is 3.19. The molecule has 1 amide bonds. The molecule has 1 atom stereocenters. The number of rotatable bonds is 4. The fourth-order valence-corrected chi connectivity index (χ4v) is 5.17. The second-order valence-electron chi connectivity index (χ2n) is 7.26. The van der Waals surface area contributed by atoms with Crippen molar-refractivity contribution in [3.8, 4) is 17.6 Å². The first-order valence-corrected chi connectivity index (χ1v) is 10.7. The van der Waals surface area contributed by atoms with Crippen LogP contribution in [0.1, 0.15) is 23.5 Å². The molecule has 2 aromatic carbocycles. The number of anilines is 1. The van der Waals surface area contributed by atoms with Crippen molar-refractivity contribution in [2.24, 2.45) is 0 Å². The van der Waals surface area contributed by atoms with Gasteiger partial charge in [0.1, 0.15) is 11.5 Å². The minimum atomic E-state index is -0.351. The first kappa shape index (κ1) is 20.2. The number of amides is 1. The molecule has 0 unspecified atom stereocenters. The average molecular weight is 422 g/mol. The molecule has 2 heterocycles. The zero-order valence-corrected chi connectivity index (χ0v) is 18.0. The number of hydrogen-bond donors (Lipinski definition) is 0. The Morgan fingerprint density at radius 1 is 1.17 bits per heavy atom. The number of nitriles is 1. The number of hydrogen-bond acceptors (Lipinski definition) is 6. The first-order chi connectivity index (χ1) is 14.6. The van der Waals surface area contributed by atoms with Crippen molar-refractivity contribution in [3.05, 3.63) is 64.2 Å². The first-order valence-electron chi connectivity index (χ1n) is 9.67. The van der Waals surface area contributed by atoms with Gasteiger partial charge >= 0.3 is 0 Å². The van der Waals surface area contributed by atoms with Gasteiger partial charge in [0.15, 0.2) is 0 Å². The van der Waals surface area contributed by atoms with Gasteiger partial charge in [0, 0.05) is 23.6 Å². The predicted octanol–water partition coefficient (Wildman–Crippen LogP) is 4.23. The minimum Gasteiger partial charge on any atom is -0.497 e. The molecule has 0 saturated carbocycles. The van der Waals surface area contributed by atoms with Crippen molar-refractivity contribution in [2.45, 2.75) is 19.3 Å². The molecular formula is C23H23N3O3S. The number of benzene rings is 2. The second kappa shape index (κ2) is 8.33. The monoisotopic (exact) mass is 421 g/mol. The molecule has 154 valence electrons. The molecule has 0 N–H and O–H groups in total. The zero-order chi connectivity index (χ0) is 21.3. The molecule has 30 heavy (non-hydrogen) atoms. The van der Waals surface area contributed by atoms with Crippen LogP contribution in [0.4, 0.5) is 5.69 Å². The quantitative estimate of drug-likeness (QED) is 0.736. The summed E-state index contributed by atoms with van der Waals surface area (Å²) in [6, 6.07) is 16.0. The highest BCUT2D eigenvalue weighted by Crippen LogP contribution is 2.46. The molecular weight excluding hydrogens is 398 g/mol. The normalized spacial score (nSPS) is 18.7. The van der Waals surface area contributed by atoms with Gasteiger partial charge in [-0.25, -0.2) is 0 Å². The summed E-state index contributed by atoms with van der Waals surface area (Å²) < 4.78 is 10.9. The van der Waals surface area contributed by atoms with Gasteiger partial charge in [-0.15, -0.1) is 0 Å². The van der Waals surface area contributed by atoms with Crippen molar-refractivity contribution >= 4 is 23.4 Å². The third-order valence-electron chi connectivity index (χ3n) is 5.56. The van der Waals surface area contributed by atoms with E-state index in [0.29, 0.717) is 29.6 Å². The number of aryl methyl sites for hydroxylation is 1. The fourth-order valence-electron chi connectivity index (χ4n) is 4.01. The second-order valence-corrected chi connectivity index (χ2v) is 8.19. The third-order valence-corrected chi connectivity index (χ3v) is 6.72. The molecule has 2 aromatic rings. The van der Waals surface area contributed by atoms with Crippen LogP contribution in [0.25, 0.3) is 0 Å². The minimum absolute atomic E-state index is 0.00431. The number of methoxy groups -OCH3 is 2. The molecule has 7 heteroatoms. The van der Waals surface area contributed by atoms with E-state index in [2.05, 4.69) is 30.0 Å². The Morgan fingerprint density at radius 2 is 1.97 bits per heavy atom. The predicted molar refractivity (Wildman–Crippen MR) is 117 cm³/mol. The molecule has 4 rings (SSSR count). The molecule has 2 aliphatic heterocycles. The van der Waals surface area contributed by atoms with E-state index in [4.69, 9.17) is 9.47 Å². The number of para-hydroxylation sites is 1. The standard InChI is InChI=1S/C23H23N3O3S/c1-15-6-4-5-7-20(15)25-13-26-22(27)11-17(19(12-24)23(26)30-14-25)18-10-16(28-2)8-9-21(18)29-3/h4-10,17H,11,13-14H2,1-3H3/t17-/m1/s1. The van der Waals surface area contributed by atoms with Gasteiger partial charge in [-0.05, 0) is 36.8 Å². The van der Waals surface area contributed by atoms with E-state index in [-0.39, 0.29) is 18.2 Å². The Bertz CT molecular complexity index is 1060. The van der Waals surface area contributed by atoms with Crippen LogP contribution < -0.4 is 14.4 Å². The lowest BCUT2D eigenvalue weighted by atomic mass is 9.86. The highest BCUT2D eigenvalue weighted by molar-refractivity contribution is 8.03. The van der Waals surface area contributed by atoms with Gasteiger partial charge in [-0.2, -0.15) is 5.26 Å². The Morgan fingerprint density at radius 3 is 2.67 bits per heavy atom. The van der Waals surface area contributed by atoms with E-state index < -0.39 is 0 Å². The summed E-state index contributed by atoms with van der Waals surface area (Å²) in [5, 5.41) is 10.8. The van der Waals surface area contributed by atoms with Crippen LogP contribution in [-0.2, 0) is 4.79 Å². The van der Waals surface area contributed by atoms with E-state index in [1.807, 2.05) is 30.3 Å². The Hall–Kier alpha value is -3.11. The van der Waals surface area contributed by atoms with Crippen molar-refractivity contribution in [1.29, 1.82) is 5.26 Å². The Kier molecular flexibility index (Phi) is 5.60. The van der Waals surface area contributed by atoms with Gasteiger partial charge < -0.3 is 14.4 Å². The van der Waals surface area contributed by atoms with Crippen LogP contribution in [-0.4, -0.2) is 37.6 Å². The number of fused-ring (bicyclic) bond motifs is 1. The van der Waals surface area contributed by atoms with Crippen LogP contribution in [0.5, 0.6) is 11.5 Å². The van der Waals surface area contributed by atoms with Crippen LogP contribution in [0.15, 0.2) is 53.1 Å². The Labute approximate surface area is 180 Å². The average Bonchev–Trinajstić information content (AvgIpc) is 2.78. The lowest BCUT2D eigenvalue weighted by Gasteiger charge is -2.42.